The fourth-order valence-corrected chi connectivity index (χ4v) is 5.38. The molecule has 0 fully saturated rings. The predicted molar refractivity (Wildman–Crippen MR) is 121 cm³/mol. The number of fused-ring (bicyclic) bond motifs is 2. The normalized spacial score (nSPS) is 20.8. The van der Waals surface area contributed by atoms with Crippen LogP contribution in [0.25, 0.3) is 0 Å². The summed E-state index contributed by atoms with van der Waals surface area (Å²) in [6.45, 7) is 7.51. The molecule has 4 rings (SSSR count). The van der Waals surface area contributed by atoms with Gasteiger partial charge in [0.2, 0.25) is 0 Å². The van der Waals surface area contributed by atoms with E-state index in [2.05, 4.69) is 5.10 Å². The standard InChI is InChI=1S/C22H22F2N2O2S.C2H6/c1-13(2)19(27)21(28)26-22(11-5-7-14-6-3-4-8-17(14)22)29-20(25-26)16-12-15(23)9-10-18(16)24;1-2/h3-4,6,8-10,12-13,19,27H,5,7,11H2,1-2H3;1-2H3/t19-,22?;/m0./s1. The summed E-state index contributed by atoms with van der Waals surface area (Å²) >= 11 is 1.26. The number of carbonyl (C=O) groups excluding carboxylic acids is 1. The van der Waals surface area contributed by atoms with Gasteiger partial charge in [-0.3, -0.25) is 4.79 Å². The van der Waals surface area contributed by atoms with E-state index in [4.69, 9.17) is 0 Å². The maximum absolute atomic E-state index is 14.5. The summed E-state index contributed by atoms with van der Waals surface area (Å²) in [6, 6.07) is 11.0. The molecule has 0 aromatic heterocycles. The van der Waals surface area contributed by atoms with Crippen LogP contribution in [0.2, 0.25) is 0 Å². The van der Waals surface area contributed by atoms with Crippen molar-refractivity contribution in [2.24, 2.45) is 11.0 Å². The number of hydrogen-bond acceptors (Lipinski definition) is 4. The molecule has 0 saturated heterocycles. The molecule has 0 bridgehead atoms. The first kappa shape index (κ1) is 23.4. The van der Waals surface area contributed by atoms with Crippen molar-refractivity contribution in [3.05, 3.63) is 70.8 Å². The number of nitrogens with zero attached hydrogens (tertiary/aromatic N) is 2. The van der Waals surface area contributed by atoms with Crippen molar-refractivity contribution in [2.75, 3.05) is 0 Å². The van der Waals surface area contributed by atoms with Crippen molar-refractivity contribution in [1.82, 2.24) is 5.01 Å². The largest absolute Gasteiger partial charge is 0.383 e. The van der Waals surface area contributed by atoms with Gasteiger partial charge < -0.3 is 5.11 Å². The Balaban J connectivity index is 0.00000132. The van der Waals surface area contributed by atoms with E-state index in [9.17, 15) is 18.7 Å². The van der Waals surface area contributed by atoms with Crippen molar-refractivity contribution < 1.29 is 18.7 Å². The van der Waals surface area contributed by atoms with Crippen LogP contribution in [0.5, 0.6) is 0 Å². The summed E-state index contributed by atoms with van der Waals surface area (Å²) in [5, 5.41) is 16.4. The lowest BCUT2D eigenvalue weighted by Gasteiger charge is -2.40. The number of aliphatic hydroxyl groups excluding tert-OH is 1. The Bertz CT molecular complexity index is 995. The fraction of sp³-hybridized carbons (Fsp3) is 0.417. The Labute approximate surface area is 186 Å². The number of aliphatic hydroxyl groups is 1. The number of benzene rings is 2. The molecule has 166 valence electrons. The molecule has 0 saturated carbocycles. The van der Waals surface area contributed by atoms with E-state index in [0.29, 0.717) is 6.42 Å². The summed E-state index contributed by atoms with van der Waals surface area (Å²) < 4.78 is 28.3. The highest BCUT2D eigenvalue weighted by molar-refractivity contribution is 8.15. The van der Waals surface area contributed by atoms with Gasteiger partial charge in [0.25, 0.3) is 5.91 Å². The van der Waals surface area contributed by atoms with Gasteiger partial charge in [0.1, 0.15) is 27.7 Å². The van der Waals surface area contributed by atoms with Gasteiger partial charge in [-0.25, -0.2) is 13.8 Å². The van der Waals surface area contributed by atoms with Crippen LogP contribution in [0.4, 0.5) is 8.78 Å². The van der Waals surface area contributed by atoms with Crippen LogP contribution >= 0.6 is 11.8 Å². The molecular formula is C24H28F2N2O2S. The number of halogens is 2. The number of hydrogen-bond donors (Lipinski definition) is 1. The fourth-order valence-electron chi connectivity index (χ4n) is 3.90. The van der Waals surface area contributed by atoms with Crippen LogP contribution in [0.1, 0.15) is 57.2 Å². The van der Waals surface area contributed by atoms with Crippen LogP contribution in [0, 0.1) is 17.6 Å². The van der Waals surface area contributed by atoms with Gasteiger partial charge >= 0.3 is 0 Å². The molecule has 1 heterocycles. The summed E-state index contributed by atoms with van der Waals surface area (Å²) in [4.78, 5) is 12.3. The van der Waals surface area contributed by atoms with Crippen molar-refractivity contribution in [2.45, 2.75) is 57.9 Å². The third kappa shape index (κ3) is 4.26. The molecule has 7 heteroatoms. The van der Waals surface area contributed by atoms with Crippen molar-refractivity contribution in [3.63, 3.8) is 0 Å². The summed E-state index contributed by atoms with van der Waals surface area (Å²) in [6.07, 6.45) is 1.06. The van der Waals surface area contributed by atoms with Crippen LogP contribution < -0.4 is 0 Å². The Morgan fingerprint density at radius 3 is 2.61 bits per heavy atom. The van der Waals surface area contributed by atoms with E-state index < -0.39 is 28.5 Å². The highest BCUT2D eigenvalue weighted by atomic mass is 32.2. The smallest absolute Gasteiger partial charge is 0.273 e. The highest BCUT2D eigenvalue weighted by Gasteiger charge is 2.52. The minimum Gasteiger partial charge on any atom is -0.383 e. The van der Waals surface area contributed by atoms with Crippen LogP contribution in [0.3, 0.4) is 0 Å². The Hall–Kier alpha value is -2.25. The topological polar surface area (TPSA) is 52.9 Å². The highest BCUT2D eigenvalue weighted by Crippen LogP contribution is 2.54. The number of carbonyl (C=O) groups is 1. The minimum absolute atomic E-state index is 0.0202. The first-order valence-electron chi connectivity index (χ1n) is 10.7. The zero-order valence-corrected chi connectivity index (χ0v) is 19.0. The summed E-state index contributed by atoms with van der Waals surface area (Å²) in [5.74, 6) is -2.00. The molecule has 0 radical (unpaired) electrons. The predicted octanol–water partition coefficient (Wildman–Crippen LogP) is 5.43. The molecule has 4 nitrogen and oxygen atoms in total. The second-order valence-corrected chi connectivity index (χ2v) is 9.03. The van der Waals surface area contributed by atoms with Gasteiger partial charge in [-0.1, -0.05) is 63.7 Å². The van der Waals surface area contributed by atoms with Gasteiger partial charge in [0.15, 0.2) is 0 Å². The van der Waals surface area contributed by atoms with Crippen molar-refractivity contribution >= 4 is 22.7 Å². The first-order valence-corrected chi connectivity index (χ1v) is 11.5. The Kier molecular flexibility index (Phi) is 7.17. The van der Waals surface area contributed by atoms with Gasteiger partial charge in [0.05, 0.1) is 0 Å². The lowest BCUT2D eigenvalue weighted by molar-refractivity contribution is -0.146. The monoisotopic (exact) mass is 446 g/mol. The SMILES string of the molecule is CC.CC(C)[C@H](O)C(=O)N1N=C(c2cc(F)ccc2F)SC12CCCc1ccccc12. The average Bonchev–Trinajstić information content (AvgIpc) is 3.15. The summed E-state index contributed by atoms with van der Waals surface area (Å²) in [5.41, 5.74) is 2.04. The molecule has 1 aliphatic heterocycles. The molecule has 2 aromatic rings. The third-order valence-electron chi connectivity index (χ3n) is 5.45. The Morgan fingerprint density at radius 1 is 1.19 bits per heavy atom. The average molecular weight is 447 g/mol. The van der Waals surface area contributed by atoms with E-state index >= 15 is 0 Å². The van der Waals surface area contributed by atoms with Crippen LogP contribution in [0.15, 0.2) is 47.6 Å². The number of amides is 1. The maximum Gasteiger partial charge on any atom is 0.273 e. The number of thioether (sulfide) groups is 1. The zero-order chi connectivity index (χ0) is 22.8. The minimum atomic E-state index is -1.23. The third-order valence-corrected chi connectivity index (χ3v) is 6.88. The molecule has 31 heavy (non-hydrogen) atoms. The molecule has 2 aromatic carbocycles. The Morgan fingerprint density at radius 2 is 1.90 bits per heavy atom. The molecule has 1 N–H and O–H groups in total. The second kappa shape index (κ2) is 9.49. The van der Waals surface area contributed by atoms with E-state index in [1.54, 1.807) is 13.8 Å². The number of rotatable bonds is 3. The van der Waals surface area contributed by atoms with Gasteiger partial charge in [-0.05, 0) is 54.5 Å². The van der Waals surface area contributed by atoms with Gasteiger partial charge in [-0.2, -0.15) is 5.10 Å². The van der Waals surface area contributed by atoms with Gasteiger partial charge in [0, 0.05) is 5.56 Å². The molecular weight excluding hydrogens is 418 g/mol. The van der Waals surface area contributed by atoms with Crippen molar-refractivity contribution in [3.8, 4) is 0 Å². The quantitative estimate of drug-likeness (QED) is 0.684. The molecule has 2 atom stereocenters. The first-order chi connectivity index (χ1) is 14.8. The van der Waals surface area contributed by atoms with E-state index in [1.165, 1.54) is 16.8 Å². The molecule has 1 unspecified atom stereocenters. The van der Waals surface area contributed by atoms with Crippen LogP contribution in [-0.4, -0.2) is 27.2 Å². The van der Waals surface area contributed by atoms with Crippen molar-refractivity contribution in [1.29, 1.82) is 0 Å². The lowest BCUT2D eigenvalue weighted by atomic mass is 9.86. The molecule has 1 amide bonds. The maximum atomic E-state index is 14.5. The van der Waals surface area contributed by atoms with E-state index in [-0.39, 0.29) is 16.5 Å². The molecule has 1 spiro atoms. The zero-order valence-electron chi connectivity index (χ0n) is 18.2. The lowest BCUT2D eigenvalue weighted by Crippen LogP contribution is -2.48. The van der Waals surface area contributed by atoms with E-state index in [1.807, 2.05) is 38.1 Å². The second-order valence-electron chi connectivity index (χ2n) is 7.77. The van der Waals surface area contributed by atoms with E-state index in [0.717, 1.165) is 42.2 Å². The summed E-state index contributed by atoms with van der Waals surface area (Å²) in [7, 11) is 0. The van der Waals surface area contributed by atoms with Crippen LogP contribution in [-0.2, 0) is 16.1 Å². The molecule has 1 aliphatic carbocycles. The molecule has 2 aliphatic rings. The van der Waals surface area contributed by atoms with Gasteiger partial charge in [-0.15, -0.1) is 0 Å². The number of hydrazone groups is 1. The number of aryl methyl sites for hydroxylation is 1.